The van der Waals surface area contributed by atoms with E-state index in [-0.39, 0.29) is 17.1 Å². The van der Waals surface area contributed by atoms with E-state index in [2.05, 4.69) is 15.9 Å². The number of fused-ring (bicyclic) bond motifs is 1. The minimum Gasteiger partial charge on any atom is -0.493 e. The fourth-order valence-electron chi connectivity index (χ4n) is 4.11. The van der Waals surface area contributed by atoms with Crippen molar-refractivity contribution in [3.8, 4) is 11.5 Å². The minimum atomic E-state index is -3.69. The molecule has 28 heavy (non-hydrogen) atoms. The Morgan fingerprint density at radius 1 is 1.07 bits per heavy atom. The number of carbonyl (C=O) groups is 1. The third-order valence-electron chi connectivity index (χ3n) is 5.48. The summed E-state index contributed by atoms with van der Waals surface area (Å²) in [6.45, 7) is 0. The van der Waals surface area contributed by atoms with Crippen molar-refractivity contribution in [2.24, 2.45) is 0 Å². The van der Waals surface area contributed by atoms with Gasteiger partial charge in [-0.15, -0.1) is 0 Å². The molecule has 0 saturated carbocycles. The van der Waals surface area contributed by atoms with E-state index in [9.17, 15) is 13.2 Å². The average molecular weight is 463 g/mol. The molecule has 3 aliphatic carbocycles. The average Bonchev–Trinajstić information content (AvgIpc) is 2.88. The van der Waals surface area contributed by atoms with Crippen molar-refractivity contribution in [3.05, 3.63) is 65.7 Å². The highest BCUT2D eigenvalue weighted by Crippen LogP contribution is 2.52. The molecule has 0 heterocycles. The number of hydrogen-bond acceptors (Lipinski definition) is 5. The number of allylic oxidation sites excluding steroid dienone is 2. The largest absolute Gasteiger partial charge is 0.493 e. The van der Waals surface area contributed by atoms with E-state index < -0.39 is 25.3 Å². The van der Waals surface area contributed by atoms with Gasteiger partial charge < -0.3 is 9.47 Å². The molecule has 0 aliphatic heterocycles. The molecule has 0 saturated heterocycles. The fourth-order valence-corrected chi connectivity index (χ4v) is 7.02. The van der Waals surface area contributed by atoms with Crippen LogP contribution >= 0.6 is 15.9 Å². The predicted molar refractivity (Wildman–Crippen MR) is 109 cm³/mol. The van der Waals surface area contributed by atoms with Gasteiger partial charge in [0.15, 0.2) is 27.1 Å². The van der Waals surface area contributed by atoms with Gasteiger partial charge in [0.05, 0.1) is 24.4 Å². The molecule has 0 fully saturated rings. The molecular formula is C21H19BrO5S. The minimum absolute atomic E-state index is 0.143. The van der Waals surface area contributed by atoms with Gasteiger partial charge in [-0.3, -0.25) is 4.79 Å². The normalized spacial score (nSPS) is 25.9. The van der Waals surface area contributed by atoms with Crippen molar-refractivity contribution in [3.63, 3.8) is 0 Å². The third kappa shape index (κ3) is 2.71. The van der Waals surface area contributed by atoms with E-state index in [0.29, 0.717) is 22.6 Å². The van der Waals surface area contributed by atoms with Crippen LogP contribution in [0.2, 0.25) is 0 Å². The monoisotopic (exact) mass is 462 g/mol. The van der Waals surface area contributed by atoms with Gasteiger partial charge in [-0.1, -0.05) is 46.3 Å². The topological polar surface area (TPSA) is 69.7 Å². The van der Waals surface area contributed by atoms with Crippen LogP contribution in [0.4, 0.5) is 0 Å². The molecule has 5 rings (SSSR count). The van der Waals surface area contributed by atoms with Gasteiger partial charge in [-0.25, -0.2) is 8.42 Å². The lowest BCUT2D eigenvalue weighted by Crippen LogP contribution is -2.39. The maximum Gasteiger partial charge on any atom is 0.183 e. The number of benzene rings is 2. The number of rotatable bonds is 4. The lowest BCUT2D eigenvalue weighted by molar-refractivity contribution is 0.0963. The Kier molecular flexibility index (Phi) is 4.62. The van der Waals surface area contributed by atoms with E-state index in [1.807, 2.05) is 0 Å². The molecular weight excluding hydrogens is 444 g/mol. The van der Waals surface area contributed by atoms with Crippen LogP contribution in [0.15, 0.2) is 59.5 Å². The van der Waals surface area contributed by atoms with Crippen LogP contribution in [-0.4, -0.2) is 38.0 Å². The van der Waals surface area contributed by atoms with E-state index >= 15 is 0 Å². The van der Waals surface area contributed by atoms with Gasteiger partial charge in [0.1, 0.15) is 4.32 Å². The number of ketones is 1. The van der Waals surface area contributed by atoms with Crippen LogP contribution in [0.5, 0.6) is 11.5 Å². The van der Waals surface area contributed by atoms with Crippen molar-refractivity contribution in [2.75, 3.05) is 14.2 Å². The molecule has 7 heteroatoms. The molecule has 0 unspecified atom stereocenters. The quantitative estimate of drug-likeness (QED) is 0.508. The van der Waals surface area contributed by atoms with Crippen molar-refractivity contribution < 1.29 is 22.7 Å². The van der Waals surface area contributed by atoms with E-state index in [1.165, 1.54) is 14.2 Å². The molecule has 5 nitrogen and oxygen atoms in total. The highest BCUT2D eigenvalue weighted by atomic mass is 79.9. The first-order valence-corrected chi connectivity index (χ1v) is 11.1. The molecule has 2 aromatic carbocycles. The van der Waals surface area contributed by atoms with Crippen LogP contribution in [0.25, 0.3) is 0 Å². The van der Waals surface area contributed by atoms with Crippen molar-refractivity contribution in [1.29, 1.82) is 0 Å². The maximum absolute atomic E-state index is 13.5. The van der Waals surface area contributed by atoms with Gasteiger partial charge in [0.25, 0.3) is 0 Å². The smallest absolute Gasteiger partial charge is 0.183 e. The summed E-state index contributed by atoms with van der Waals surface area (Å²) in [5, 5.41) is -0.814. The lowest BCUT2D eigenvalue weighted by Gasteiger charge is -2.32. The Labute approximate surface area is 172 Å². The van der Waals surface area contributed by atoms with Gasteiger partial charge in [0, 0.05) is 17.0 Å². The fraction of sp³-hybridized carbons (Fsp3) is 0.286. The summed E-state index contributed by atoms with van der Waals surface area (Å²) in [7, 11) is -0.686. The van der Waals surface area contributed by atoms with Gasteiger partial charge >= 0.3 is 0 Å². The molecule has 2 aromatic rings. The summed E-state index contributed by atoms with van der Waals surface area (Å²) >= 11 is 3.53. The Hall–Kier alpha value is -2.12. The third-order valence-corrected chi connectivity index (χ3v) is 8.61. The van der Waals surface area contributed by atoms with Crippen molar-refractivity contribution in [2.45, 2.75) is 26.8 Å². The summed E-state index contributed by atoms with van der Waals surface area (Å²) in [5.74, 6) is 0.164. The van der Waals surface area contributed by atoms with Gasteiger partial charge in [0.2, 0.25) is 0 Å². The van der Waals surface area contributed by atoms with Crippen LogP contribution < -0.4 is 9.47 Å². The van der Waals surface area contributed by atoms with Crippen LogP contribution in [0.3, 0.4) is 0 Å². The van der Waals surface area contributed by atoms with E-state index in [4.69, 9.17) is 9.47 Å². The van der Waals surface area contributed by atoms with Crippen molar-refractivity contribution in [1.82, 2.24) is 0 Å². The first-order chi connectivity index (χ1) is 13.3. The van der Waals surface area contributed by atoms with Crippen LogP contribution in [-0.2, 0) is 9.84 Å². The standard InChI is InChI=1S/C21H19BrO5S/c1-26-16-9-8-15-18(19(16)27-2)14-10-11-21(22,20(15)23)12-17(14)28(24,25)13-6-4-3-5-7-13/h3-11,14,17H,12H2,1-2H3/t14-,17-,21+/m0/s1. The second-order valence-electron chi connectivity index (χ2n) is 6.94. The van der Waals surface area contributed by atoms with Crippen LogP contribution in [0.1, 0.15) is 28.3 Å². The molecule has 146 valence electrons. The first-order valence-electron chi connectivity index (χ1n) is 8.80. The van der Waals surface area contributed by atoms with E-state index in [1.54, 1.807) is 54.6 Å². The number of alkyl halides is 1. The summed E-state index contributed by atoms with van der Waals surface area (Å²) in [6, 6.07) is 11.7. The summed E-state index contributed by atoms with van der Waals surface area (Å²) in [5.41, 5.74) is 1.02. The van der Waals surface area contributed by atoms with Crippen molar-refractivity contribution >= 4 is 31.6 Å². The number of sulfone groups is 1. The lowest BCUT2D eigenvalue weighted by atomic mass is 9.87. The predicted octanol–water partition coefficient (Wildman–Crippen LogP) is 3.92. The van der Waals surface area contributed by atoms with E-state index in [0.717, 1.165) is 0 Å². The van der Waals surface area contributed by atoms with Gasteiger partial charge in [-0.05, 0) is 30.7 Å². The second kappa shape index (κ2) is 6.74. The first kappa shape index (κ1) is 19.2. The van der Waals surface area contributed by atoms with Gasteiger partial charge in [-0.2, -0.15) is 0 Å². The maximum atomic E-state index is 13.5. The number of ether oxygens (including phenoxy) is 2. The zero-order valence-corrected chi connectivity index (χ0v) is 17.8. The molecule has 0 amide bonds. The number of hydrogen-bond donors (Lipinski definition) is 0. The molecule has 0 spiro atoms. The molecule has 0 aromatic heterocycles. The second-order valence-corrected chi connectivity index (χ2v) is 10.5. The summed E-state index contributed by atoms with van der Waals surface area (Å²) < 4.78 is 36.9. The molecule has 3 atom stereocenters. The Bertz CT molecular complexity index is 1080. The number of halogens is 1. The van der Waals surface area contributed by atoms with Crippen LogP contribution in [0, 0.1) is 0 Å². The zero-order valence-electron chi connectivity index (χ0n) is 15.4. The Morgan fingerprint density at radius 2 is 1.79 bits per heavy atom. The zero-order chi connectivity index (χ0) is 20.1. The highest BCUT2D eigenvalue weighted by Gasteiger charge is 2.52. The SMILES string of the molecule is COc1ccc2c(c1OC)[C@H]1C=C[C@@](Br)(C[C@@H]1S(=O)(=O)c1ccccc1)C2=O. The number of methoxy groups -OCH3 is 2. The summed E-state index contributed by atoms with van der Waals surface area (Å²) in [4.78, 5) is 13.5. The number of carbonyl (C=O) groups excluding carboxylic acids is 1. The summed E-state index contributed by atoms with van der Waals surface area (Å²) in [6.07, 6.45) is 3.71. The molecule has 3 aliphatic rings. The Balaban J connectivity index is 1.98. The number of Topliss-reactive ketones (excluding diaryl/α,β-unsaturated/α-hetero) is 1. The highest BCUT2D eigenvalue weighted by molar-refractivity contribution is 9.10. The Morgan fingerprint density at radius 3 is 2.43 bits per heavy atom. The molecule has 0 N–H and O–H groups in total. The molecule has 0 radical (unpaired) electrons. The molecule has 2 bridgehead atoms.